The minimum absolute atomic E-state index is 0.0967. The normalized spacial score (nSPS) is 18.0. The maximum Gasteiger partial charge on any atom is 0.323 e. The molecule has 23 heavy (non-hydrogen) atoms. The number of carbonyl (C=O) groups is 2. The van der Waals surface area contributed by atoms with Crippen LogP contribution < -0.4 is 4.74 Å². The Kier molecular flexibility index (Phi) is 5.93. The lowest BCUT2D eigenvalue weighted by Crippen LogP contribution is -2.48. The van der Waals surface area contributed by atoms with Crippen molar-refractivity contribution in [2.75, 3.05) is 19.4 Å². The molecule has 1 aliphatic rings. The predicted molar refractivity (Wildman–Crippen MR) is 91.2 cm³/mol. The number of benzene rings is 1. The third kappa shape index (κ3) is 4.19. The highest BCUT2D eigenvalue weighted by Gasteiger charge is 2.31. The number of rotatable bonds is 6. The smallest absolute Gasteiger partial charge is 0.323 e. The quantitative estimate of drug-likeness (QED) is 0.780. The van der Waals surface area contributed by atoms with Gasteiger partial charge < -0.3 is 14.7 Å². The molecular formula is C17H23NO4S. The zero-order valence-electron chi connectivity index (χ0n) is 13.5. The van der Waals surface area contributed by atoms with Gasteiger partial charge in [-0.1, -0.05) is 13.0 Å². The second-order valence-electron chi connectivity index (χ2n) is 5.97. The van der Waals surface area contributed by atoms with Gasteiger partial charge >= 0.3 is 5.97 Å². The Labute approximate surface area is 142 Å². The number of hydrogen-bond acceptors (Lipinski definition) is 4. The number of nitrogens with zero attached hydrogens (tertiary/aromatic N) is 1. The number of ether oxygens (including phenoxy) is 1. The van der Waals surface area contributed by atoms with Crippen LogP contribution in [-0.2, 0) is 22.4 Å². The van der Waals surface area contributed by atoms with Crippen LogP contribution in [0.4, 0.5) is 0 Å². The highest BCUT2D eigenvalue weighted by Crippen LogP contribution is 2.28. The maximum atomic E-state index is 12.5. The average molecular weight is 337 g/mol. The molecule has 126 valence electrons. The van der Waals surface area contributed by atoms with Crippen LogP contribution in [-0.4, -0.2) is 47.3 Å². The largest absolute Gasteiger partial charge is 0.497 e. The highest BCUT2D eigenvalue weighted by molar-refractivity contribution is 7.80. The van der Waals surface area contributed by atoms with Gasteiger partial charge in [-0.25, -0.2) is 0 Å². The Balaban J connectivity index is 2.22. The van der Waals surface area contributed by atoms with Crippen molar-refractivity contribution in [2.45, 2.75) is 32.2 Å². The fourth-order valence-corrected chi connectivity index (χ4v) is 3.16. The van der Waals surface area contributed by atoms with Gasteiger partial charge in [-0.3, -0.25) is 9.59 Å². The summed E-state index contributed by atoms with van der Waals surface area (Å²) in [7, 11) is 1.62. The Bertz CT molecular complexity index is 590. The number of amides is 1. The molecular weight excluding hydrogens is 314 g/mol. The van der Waals surface area contributed by atoms with Crippen molar-refractivity contribution in [1.29, 1.82) is 0 Å². The van der Waals surface area contributed by atoms with E-state index in [2.05, 4.69) is 12.6 Å². The molecule has 1 amide bonds. The topological polar surface area (TPSA) is 66.8 Å². The number of carboxylic acids is 1. The second-order valence-corrected chi connectivity index (χ2v) is 6.34. The van der Waals surface area contributed by atoms with E-state index in [-0.39, 0.29) is 24.4 Å². The van der Waals surface area contributed by atoms with Crippen molar-refractivity contribution < 1.29 is 19.4 Å². The van der Waals surface area contributed by atoms with Crippen molar-refractivity contribution in [1.82, 2.24) is 4.90 Å². The molecule has 0 spiro atoms. The Morgan fingerprint density at radius 2 is 2.17 bits per heavy atom. The van der Waals surface area contributed by atoms with E-state index in [9.17, 15) is 9.59 Å². The average Bonchev–Trinajstić information content (AvgIpc) is 2.57. The van der Waals surface area contributed by atoms with E-state index < -0.39 is 5.97 Å². The molecule has 2 rings (SSSR count). The first-order valence-electron chi connectivity index (χ1n) is 7.75. The van der Waals surface area contributed by atoms with Crippen LogP contribution in [0.3, 0.4) is 0 Å². The van der Waals surface area contributed by atoms with Crippen molar-refractivity contribution in [3.05, 3.63) is 29.3 Å². The van der Waals surface area contributed by atoms with Gasteiger partial charge in [-0.2, -0.15) is 12.6 Å². The summed E-state index contributed by atoms with van der Waals surface area (Å²) >= 11 is 4.16. The third-order valence-corrected chi connectivity index (χ3v) is 4.89. The van der Waals surface area contributed by atoms with Gasteiger partial charge in [0.05, 0.1) is 7.11 Å². The standard InChI is InChI=1S/C17H23NO4S/c1-11(10-23)17(21)18(9-16(19)20)14-5-3-12-4-6-15(22-2)8-13(12)7-14/h4,6,8,11,14,23H,3,5,7,9-10H2,1-2H3,(H,19,20). The molecule has 0 fully saturated rings. The first kappa shape index (κ1) is 17.7. The summed E-state index contributed by atoms with van der Waals surface area (Å²) in [6.07, 6.45) is 2.27. The SMILES string of the molecule is COc1ccc2c(c1)CC(N(CC(=O)O)C(=O)C(C)CS)CC2. The fourth-order valence-electron chi connectivity index (χ4n) is 3.00. The highest BCUT2D eigenvalue weighted by atomic mass is 32.1. The molecule has 0 saturated heterocycles. The van der Waals surface area contributed by atoms with Gasteiger partial charge in [0.2, 0.25) is 5.91 Å². The number of fused-ring (bicyclic) bond motifs is 1. The van der Waals surface area contributed by atoms with Crippen molar-refractivity contribution in [3.8, 4) is 5.75 Å². The molecule has 1 N–H and O–H groups in total. The molecule has 2 atom stereocenters. The lowest BCUT2D eigenvalue weighted by atomic mass is 9.87. The summed E-state index contributed by atoms with van der Waals surface area (Å²) in [4.78, 5) is 25.2. The van der Waals surface area contributed by atoms with Crippen LogP contribution >= 0.6 is 12.6 Å². The van der Waals surface area contributed by atoms with Gasteiger partial charge in [0.25, 0.3) is 0 Å². The summed E-state index contributed by atoms with van der Waals surface area (Å²) in [5, 5.41) is 9.16. The molecule has 0 heterocycles. The number of thiol groups is 1. The predicted octanol–water partition coefficient (Wildman–Crippen LogP) is 2.03. The number of aliphatic carboxylic acids is 1. The van der Waals surface area contributed by atoms with Crippen LogP contribution in [0.5, 0.6) is 5.75 Å². The minimum Gasteiger partial charge on any atom is -0.497 e. The van der Waals surface area contributed by atoms with E-state index >= 15 is 0 Å². The zero-order chi connectivity index (χ0) is 17.0. The third-order valence-electron chi connectivity index (χ3n) is 4.34. The van der Waals surface area contributed by atoms with E-state index in [0.29, 0.717) is 12.2 Å². The van der Waals surface area contributed by atoms with Crippen molar-refractivity contribution >= 4 is 24.5 Å². The van der Waals surface area contributed by atoms with E-state index in [1.165, 1.54) is 10.5 Å². The van der Waals surface area contributed by atoms with Gasteiger partial charge in [-0.15, -0.1) is 0 Å². The molecule has 0 aliphatic heterocycles. The first-order chi connectivity index (χ1) is 11.0. The van der Waals surface area contributed by atoms with Crippen molar-refractivity contribution in [2.24, 2.45) is 5.92 Å². The van der Waals surface area contributed by atoms with E-state index in [1.54, 1.807) is 14.0 Å². The molecule has 2 unspecified atom stereocenters. The molecule has 6 heteroatoms. The molecule has 5 nitrogen and oxygen atoms in total. The number of hydrogen-bond donors (Lipinski definition) is 2. The molecule has 1 aromatic rings. The molecule has 0 radical (unpaired) electrons. The molecule has 1 aromatic carbocycles. The summed E-state index contributed by atoms with van der Waals surface area (Å²) in [5.74, 6) is -0.222. The Morgan fingerprint density at radius 1 is 1.43 bits per heavy atom. The fraction of sp³-hybridized carbons (Fsp3) is 0.529. The lowest BCUT2D eigenvalue weighted by Gasteiger charge is -2.35. The first-order valence-corrected chi connectivity index (χ1v) is 8.38. The summed E-state index contributed by atoms with van der Waals surface area (Å²) in [6.45, 7) is 1.52. The Morgan fingerprint density at radius 3 is 2.78 bits per heavy atom. The molecule has 0 saturated carbocycles. The number of methoxy groups -OCH3 is 1. The summed E-state index contributed by atoms with van der Waals surface area (Å²) in [5.41, 5.74) is 2.37. The zero-order valence-corrected chi connectivity index (χ0v) is 14.4. The van der Waals surface area contributed by atoms with E-state index in [1.807, 2.05) is 18.2 Å². The molecule has 1 aliphatic carbocycles. The monoisotopic (exact) mass is 337 g/mol. The van der Waals surface area contributed by atoms with Gasteiger partial charge in [0.15, 0.2) is 0 Å². The number of carboxylic acid groups (broad SMARTS) is 1. The lowest BCUT2D eigenvalue weighted by molar-refractivity contribution is -0.147. The second kappa shape index (κ2) is 7.73. The molecule has 0 aromatic heterocycles. The van der Waals surface area contributed by atoms with Crippen LogP contribution in [0.1, 0.15) is 24.5 Å². The van der Waals surface area contributed by atoms with Gasteiger partial charge in [-0.05, 0) is 42.5 Å². The summed E-state index contributed by atoms with van der Waals surface area (Å²) < 4.78 is 5.26. The van der Waals surface area contributed by atoms with E-state index in [0.717, 1.165) is 24.2 Å². The van der Waals surface area contributed by atoms with E-state index in [4.69, 9.17) is 9.84 Å². The number of carbonyl (C=O) groups excluding carboxylic acids is 1. The van der Waals surface area contributed by atoms with Gasteiger partial charge in [0.1, 0.15) is 12.3 Å². The molecule has 0 bridgehead atoms. The maximum absolute atomic E-state index is 12.5. The van der Waals surface area contributed by atoms with Crippen LogP contribution in [0.2, 0.25) is 0 Å². The Hall–Kier alpha value is -1.69. The number of aryl methyl sites for hydroxylation is 1. The van der Waals surface area contributed by atoms with Crippen LogP contribution in [0.15, 0.2) is 18.2 Å². The van der Waals surface area contributed by atoms with Crippen LogP contribution in [0, 0.1) is 5.92 Å². The minimum atomic E-state index is -0.985. The summed E-state index contributed by atoms with van der Waals surface area (Å²) in [6, 6.07) is 5.86. The van der Waals surface area contributed by atoms with Crippen LogP contribution in [0.25, 0.3) is 0 Å². The van der Waals surface area contributed by atoms with Gasteiger partial charge in [0, 0.05) is 17.7 Å². The van der Waals surface area contributed by atoms with Crippen molar-refractivity contribution in [3.63, 3.8) is 0 Å².